The Balaban J connectivity index is 2.66. The average Bonchev–Trinajstić information content (AvgIpc) is 2.70. The van der Waals surface area contributed by atoms with Gasteiger partial charge in [0.1, 0.15) is 0 Å². The molecule has 0 atom stereocenters. The molecule has 16 heavy (non-hydrogen) atoms. The Morgan fingerprint density at radius 1 is 1.56 bits per heavy atom. The first-order chi connectivity index (χ1) is 7.69. The zero-order chi connectivity index (χ0) is 12.0. The highest BCUT2D eigenvalue weighted by atomic mass is 127. The number of rotatable bonds is 6. The van der Waals surface area contributed by atoms with E-state index in [1.807, 2.05) is 16.3 Å². The third-order valence-electron chi connectivity index (χ3n) is 2.24. The van der Waals surface area contributed by atoms with Crippen LogP contribution in [0.5, 0.6) is 0 Å². The van der Waals surface area contributed by atoms with Crippen molar-refractivity contribution in [1.29, 1.82) is 0 Å². The van der Waals surface area contributed by atoms with Crippen LogP contribution in [0, 0.1) is 2.88 Å². The molecule has 0 radical (unpaired) electrons. The summed E-state index contributed by atoms with van der Waals surface area (Å²) in [5, 5.41) is 2.78. The molecule has 0 unspecified atom stereocenters. The standard InChI is InChI=1S/C11H15BrINOS/c1-2-3-5-14(6-4-12)11(15)9-7-10(13)16-8-9/h7-8H,2-6H2,1H3. The van der Waals surface area contributed by atoms with Crippen molar-refractivity contribution in [3.05, 3.63) is 19.9 Å². The lowest BCUT2D eigenvalue weighted by Crippen LogP contribution is -2.33. The van der Waals surface area contributed by atoms with E-state index < -0.39 is 0 Å². The first-order valence-corrected chi connectivity index (χ1v) is 8.36. The average molecular weight is 416 g/mol. The number of carbonyl (C=O) groups is 1. The molecule has 1 aromatic heterocycles. The van der Waals surface area contributed by atoms with Crippen LogP contribution in [0.2, 0.25) is 0 Å². The van der Waals surface area contributed by atoms with E-state index in [-0.39, 0.29) is 5.91 Å². The molecule has 0 aliphatic heterocycles. The van der Waals surface area contributed by atoms with Crippen LogP contribution < -0.4 is 0 Å². The van der Waals surface area contributed by atoms with Crippen LogP contribution in [0.25, 0.3) is 0 Å². The van der Waals surface area contributed by atoms with Crippen LogP contribution in [-0.2, 0) is 0 Å². The first kappa shape index (κ1) is 14.4. The van der Waals surface area contributed by atoms with Crippen molar-refractivity contribution in [3.8, 4) is 0 Å². The van der Waals surface area contributed by atoms with Crippen molar-refractivity contribution in [2.24, 2.45) is 0 Å². The number of thiophene rings is 1. The smallest absolute Gasteiger partial charge is 0.254 e. The van der Waals surface area contributed by atoms with Gasteiger partial charge < -0.3 is 4.90 Å². The summed E-state index contributed by atoms with van der Waals surface area (Å²) in [6, 6.07) is 1.96. The van der Waals surface area contributed by atoms with E-state index in [1.54, 1.807) is 11.3 Å². The molecule has 0 fully saturated rings. The highest BCUT2D eigenvalue weighted by Gasteiger charge is 2.15. The zero-order valence-electron chi connectivity index (χ0n) is 9.21. The summed E-state index contributed by atoms with van der Waals surface area (Å²) >= 11 is 7.26. The molecule has 1 amide bonds. The number of nitrogens with zero attached hydrogens (tertiary/aromatic N) is 1. The maximum absolute atomic E-state index is 12.2. The van der Waals surface area contributed by atoms with Crippen LogP contribution >= 0.6 is 49.9 Å². The maximum atomic E-state index is 12.2. The first-order valence-electron chi connectivity index (χ1n) is 5.28. The lowest BCUT2D eigenvalue weighted by atomic mass is 10.2. The summed E-state index contributed by atoms with van der Waals surface area (Å²) in [5.74, 6) is 0.159. The van der Waals surface area contributed by atoms with Gasteiger partial charge in [0.05, 0.1) is 8.45 Å². The molecule has 0 saturated carbocycles. The number of hydrogen-bond donors (Lipinski definition) is 0. The second-order valence-electron chi connectivity index (χ2n) is 3.47. The van der Waals surface area contributed by atoms with Gasteiger partial charge in [-0.25, -0.2) is 0 Å². The van der Waals surface area contributed by atoms with Crippen molar-refractivity contribution in [1.82, 2.24) is 4.90 Å². The molecule has 0 N–H and O–H groups in total. The van der Waals surface area contributed by atoms with Gasteiger partial charge in [0.15, 0.2) is 0 Å². The highest BCUT2D eigenvalue weighted by Crippen LogP contribution is 2.18. The minimum Gasteiger partial charge on any atom is -0.338 e. The summed E-state index contributed by atoms with van der Waals surface area (Å²) in [4.78, 5) is 14.1. The molecular formula is C11H15BrINOS. The summed E-state index contributed by atoms with van der Waals surface area (Å²) in [6.45, 7) is 3.78. The molecule has 0 aromatic carbocycles. The van der Waals surface area contributed by atoms with Gasteiger partial charge in [0.2, 0.25) is 0 Å². The highest BCUT2D eigenvalue weighted by molar-refractivity contribution is 14.1. The molecule has 90 valence electrons. The van der Waals surface area contributed by atoms with Gasteiger partial charge in [-0.05, 0) is 35.1 Å². The van der Waals surface area contributed by atoms with Crippen molar-refractivity contribution in [3.63, 3.8) is 0 Å². The van der Waals surface area contributed by atoms with Gasteiger partial charge in [-0.3, -0.25) is 4.79 Å². The van der Waals surface area contributed by atoms with Crippen LogP contribution in [-0.4, -0.2) is 29.2 Å². The monoisotopic (exact) mass is 415 g/mol. The van der Waals surface area contributed by atoms with E-state index in [4.69, 9.17) is 0 Å². The fourth-order valence-electron chi connectivity index (χ4n) is 1.37. The van der Waals surface area contributed by atoms with Gasteiger partial charge in [-0.15, -0.1) is 11.3 Å². The van der Waals surface area contributed by atoms with Crippen molar-refractivity contribution in [2.75, 3.05) is 18.4 Å². The Labute approximate surface area is 123 Å². The van der Waals surface area contributed by atoms with Crippen LogP contribution in [0.1, 0.15) is 30.1 Å². The fourth-order valence-corrected chi connectivity index (χ4v) is 3.12. The van der Waals surface area contributed by atoms with Gasteiger partial charge in [0, 0.05) is 23.8 Å². The molecule has 1 aromatic rings. The van der Waals surface area contributed by atoms with Crippen molar-refractivity contribution in [2.45, 2.75) is 19.8 Å². The number of hydrogen-bond acceptors (Lipinski definition) is 2. The number of carbonyl (C=O) groups excluding carboxylic acids is 1. The van der Waals surface area contributed by atoms with E-state index >= 15 is 0 Å². The number of halogens is 2. The third-order valence-corrected chi connectivity index (χ3v) is 4.38. The second-order valence-corrected chi connectivity index (χ2v) is 7.07. The Bertz CT molecular complexity index is 342. The normalized spacial score (nSPS) is 10.4. The number of alkyl halides is 1. The lowest BCUT2D eigenvalue weighted by Gasteiger charge is -2.20. The Hall–Kier alpha value is 0.380. The fraction of sp³-hybridized carbons (Fsp3) is 0.545. The lowest BCUT2D eigenvalue weighted by molar-refractivity contribution is 0.0765. The summed E-state index contributed by atoms with van der Waals surface area (Å²) in [5.41, 5.74) is 0.825. The topological polar surface area (TPSA) is 20.3 Å². The Morgan fingerprint density at radius 2 is 2.31 bits per heavy atom. The SMILES string of the molecule is CCCCN(CCBr)C(=O)c1csc(I)c1. The molecule has 2 nitrogen and oxygen atoms in total. The molecular weight excluding hydrogens is 401 g/mol. The number of amides is 1. The van der Waals surface area contributed by atoms with Crippen LogP contribution in [0.15, 0.2) is 11.4 Å². The molecule has 1 heterocycles. The van der Waals surface area contributed by atoms with Gasteiger partial charge in [0.25, 0.3) is 5.91 Å². The molecule has 0 spiro atoms. The minimum absolute atomic E-state index is 0.159. The van der Waals surface area contributed by atoms with Crippen LogP contribution in [0.3, 0.4) is 0 Å². The van der Waals surface area contributed by atoms with Crippen molar-refractivity contribution < 1.29 is 4.79 Å². The molecule has 0 aliphatic rings. The summed E-state index contributed by atoms with van der Waals surface area (Å²) in [7, 11) is 0. The van der Waals surface area contributed by atoms with Gasteiger partial charge in [-0.1, -0.05) is 29.3 Å². The van der Waals surface area contributed by atoms with E-state index in [2.05, 4.69) is 45.4 Å². The third kappa shape index (κ3) is 4.33. The van der Waals surface area contributed by atoms with Gasteiger partial charge >= 0.3 is 0 Å². The summed E-state index contributed by atoms with van der Waals surface area (Å²) < 4.78 is 1.16. The molecule has 1 rings (SSSR count). The Morgan fingerprint density at radius 3 is 2.81 bits per heavy atom. The van der Waals surface area contributed by atoms with Crippen LogP contribution in [0.4, 0.5) is 0 Å². The van der Waals surface area contributed by atoms with E-state index in [0.29, 0.717) is 0 Å². The maximum Gasteiger partial charge on any atom is 0.254 e. The predicted octanol–water partition coefficient (Wildman–Crippen LogP) is 3.99. The predicted molar refractivity (Wildman–Crippen MR) is 81.6 cm³/mol. The number of unbranched alkanes of at least 4 members (excludes halogenated alkanes) is 1. The zero-order valence-corrected chi connectivity index (χ0v) is 13.8. The molecule has 0 bridgehead atoms. The van der Waals surface area contributed by atoms with E-state index in [0.717, 1.165) is 39.7 Å². The largest absolute Gasteiger partial charge is 0.338 e. The van der Waals surface area contributed by atoms with Crippen molar-refractivity contribution >= 4 is 55.8 Å². The molecule has 5 heteroatoms. The summed E-state index contributed by atoms with van der Waals surface area (Å²) in [6.07, 6.45) is 2.19. The molecule has 0 aliphatic carbocycles. The Kier molecular flexibility index (Phi) is 6.91. The second kappa shape index (κ2) is 7.66. The van der Waals surface area contributed by atoms with Gasteiger partial charge in [-0.2, -0.15) is 0 Å². The quantitative estimate of drug-likeness (QED) is 0.508. The molecule has 0 saturated heterocycles. The van der Waals surface area contributed by atoms with E-state index in [9.17, 15) is 4.79 Å². The minimum atomic E-state index is 0.159. The van der Waals surface area contributed by atoms with E-state index in [1.165, 1.54) is 0 Å².